The third-order valence-corrected chi connectivity index (χ3v) is 6.27. The summed E-state index contributed by atoms with van der Waals surface area (Å²) in [4.78, 5) is 10.1. The summed E-state index contributed by atoms with van der Waals surface area (Å²) in [6.07, 6.45) is 0. The minimum absolute atomic E-state index is 0.477. The van der Waals surface area contributed by atoms with Gasteiger partial charge in [-0.05, 0) is 0 Å². The average Bonchev–Trinajstić information content (AvgIpc) is 1.82. The van der Waals surface area contributed by atoms with E-state index in [2.05, 4.69) is 5.82 Å². The van der Waals surface area contributed by atoms with Crippen molar-refractivity contribution in [1.29, 1.82) is 0 Å². The zero-order valence-electron chi connectivity index (χ0n) is 5.03. The van der Waals surface area contributed by atoms with Gasteiger partial charge in [0.25, 0.3) is 0 Å². The Bertz CT molecular complexity index is 98.6. The number of hydrogen-bond donors (Lipinski definition) is 2. The van der Waals surface area contributed by atoms with Crippen LogP contribution < -0.4 is 5.73 Å². The molecule has 0 bridgehead atoms. The Balaban J connectivity index is 3.27. The van der Waals surface area contributed by atoms with E-state index in [1.54, 1.807) is 0 Å². The second-order valence-corrected chi connectivity index (χ2v) is 9.49. The molecule has 0 aromatic heterocycles. The number of hydrogen-bond acceptors (Lipinski definition) is 2. The van der Waals surface area contributed by atoms with Crippen molar-refractivity contribution in [3.63, 3.8) is 0 Å². The Labute approximate surface area is 65.2 Å². The fourth-order valence-electron chi connectivity index (χ4n) is 0.213. The quantitative estimate of drug-likeness (QED) is 0.650. The molecule has 0 aliphatic carbocycles. The average molecular weight is 261 g/mol. The van der Waals surface area contributed by atoms with E-state index in [9.17, 15) is 4.79 Å². The van der Waals surface area contributed by atoms with Gasteiger partial charge >= 0.3 is 65.1 Å². The van der Waals surface area contributed by atoms with Gasteiger partial charge < -0.3 is 0 Å². The topological polar surface area (TPSA) is 63.3 Å². The Hall–Kier alpha value is 0.469. The summed E-state index contributed by atoms with van der Waals surface area (Å²) < 4.78 is 0. The van der Waals surface area contributed by atoms with Crippen molar-refractivity contribution in [3.05, 3.63) is 0 Å². The number of carboxylic acids is 1. The van der Waals surface area contributed by atoms with Gasteiger partial charge in [-0.1, -0.05) is 0 Å². The molecule has 0 spiro atoms. The van der Waals surface area contributed by atoms with Crippen LogP contribution in [-0.2, 0) is 4.79 Å². The second kappa shape index (κ2) is 5.27. The van der Waals surface area contributed by atoms with E-state index in [4.69, 9.17) is 10.8 Å². The van der Waals surface area contributed by atoms with Gasteiger partial charge in [-0.3, -0.25) is 0 Å². The van der Waals surface area contributed by atoms with Crippen molar-refractivity contribution in [1.82, 2.24) is 0 Å². The molecule has 1 unspecified atom stereocenters. The van der Waals surface area contributed by atoms with Gasteiger partial charge in [0, 0.05) is 0 Å². The molecular formula is C4H9NO2Se2. The molecule has 0 saturated heterocycles. The molecule has 0 radical (unpaired) electrons. The molecule has 54 valence electrons. The zero-order valence-corrected chi connectivity index (χ0v) is 8.46. The summed E-state index contributed by atoms with van der Waals surface area (Å²) in [5.74, 6) is 1.22. The minimum atomic E-state index is -0.874. The third kappa shape index (κ3) is 4.94. The second-order valence-electron chi connectivity index (χ2n) is 1.40. The van der Waals surface area contributed by atoms with Gasteiger partial charge in [0.15, 0.2) is 0 Å². The molecule has 0 aromatic carbocycles. The Morgan fingerprint density at radius 3 is 2.78 bits per heavy atom. The fourth-order valence-corrected chi connectivity index (χ4v) is 4.19. The number of rotatable bonds is 4. The molecule has 1 atom stereocenters. The summed E-state index contributed by atoms with van der Waals surface area (Å²) in [7, 11) is 0. The van der Waals surface area contributed by atoms with Crippen molar-refractivity contribution >= 4 is 32.2 Å². The summed E-state index contributed by atoms with van der Waals surface area (Å²) in [6.45, 7) is 0. The first-order valence-corrected chi connectivity index (χ1v) is 9.58. The molecule has 0 amide bonds. The van der Waals surface area contributed by atoms with E-state index in [1.807, 2.05) is 0 Å². The number of carboxylic acid groups (broad SMARTS) is 1. The predicted octanol–water partition coefficient (Wildman–Crippen LogP) is -0.812. The van der Waals surface area contributed by atoms with Crippen LogP contribution >= 0.6 is 0 Å². The van der Waals surface area contributed by atoms with E-state index in [1.165, 1.54) is 0 Å². The number of carbonyl (C=O) groups is 1. The predicted molar refractivity (Wildman–Crippen MR) is 37.8 cm³/mol. The molecule has 0 aromatic rings. The zero-order chi connectivity index (χ0) is 7.28. The molecule has 5 heteroatoms. The van der Waals surface area contributed by atoms with Crippen LogP contribution in [0.5, 0.6) is 0 Å². The molecule has 0 heterocycles. The molecule has 3 N–H and O–H groups in total. The van der Waals surface area contributed by atoms with E-state index in [0.29, 0.717) is 31.6 Å². The van der Waals surface area contributed by atoms with Gasteiger partial charge in [-0.25, -0.2) is 0 Å². The molecule has 0 fully saturated rings. The molecule has 9 heavy (non-hydrogen) atoms. The van der Waals surface area contributed by atoms with Crippen molar-refractivity contribution in [2.24, 2.45) is 5.73 Å². The van der Waals surface area contributed by atoms with Crippen LogP contribution in [-0.4, -0.2) is 43.4 Å². The van der Waals surface area contributed by atoms with Crippen LogP contribution in [0.1, 0.15) is 0 Å². The normalized spacial score (nSPS) is 13.1. The molecule has 0 saturated carbocycles. The van der Waals surface area contributed by atoms with Crippen LogP contribution in [0.2, 0.25) is 11.1 Å². The first kappa shape index (κ1) is 9.47. The van der Waals surface area contributed by atoms with Gasteiger partial charge in [-0.2, -0.15) is 0 Å². The Morgan fingerprint density at radius 1 is 1.89 bits per heavy atom. The number of aliphatic carboxylic acids is 1. The van der Waals surface area contributed by atoms with Gasteiger partial charge in [0.1, 0.15) is 0 Å². The van der Waals surface area contributed by atoms with Crippen LogP contribution in [0, 0.1) is 0 Å². The summed E-state index contributed by atoms with van der Waals surface area (Å²) in [5.41, 5.74) is 5.23. The fraction of sp³-hybridized carbons (Fsp3) is 0.750. The van der Waals surface area contributed by atoms with Crippen LogP contribution in [0.25, 0.3) is 0 Å². The molecule has 3 nitrogen and oxygen atoms in total. The van der Waals surface area contributed by atoms with Crippen molar-refractivity contribution in [2.45, 2.75) is 17.2 Å². The van der Waals surface area contributed by atoms with Gasteiger partial charge in [0.05, 0.1) is 0 Å². The molecule has 0 aliphatic rings. The first-order valence-electron chi connectivity index (χ1n) is 2.32. The summed E-state index contributed by atoms with van der Waals surface area (Å²) in [6, 6.07) is -0.619. The molecule has 0 rings (SSSR count). The van der Waals surface area contributed by atoms with Crippen molar-refractivity contribution in [3.8, 4) is 0 Å². The summed E-state index contributed by atoms with van der Waals surface area (Å²) >= 11 is 1.09. The maximum absolute atomic E-state index is 10.1. The third-order valence-electron chi connectivity index (χ3n) is 0.683. The Kier molecular flexibility index (Phi) is 5.54. The van der Waals surface area contributed by atoms with Crippen molar-refractivity contribution in [2.75, 3.05) is 0 Å². The van der Waals surface area contributed by atoms with E-state index in [0.717, 1.165) is 0 Å². The number of nitrogens with two attached hydrogens (primary N) is 1. The SMILES string of the molecule is C[Se][Se]CC(N)C(=O)O. The maximum atomic E-state index is 10.1. The Morgan fingerprint density at radius 2 is 2.44 bits per heavy atom. The summed E-state index contributed by atoms with van der Waals surface area (Å²) in [5, 5.41) is 8.98. The van der Waals surface area contributed by atoms with Crippen molar-refractivity contribution < 1.29 is 9.90 Å². The van der Waals surface area contributed by atoms with E-state index >= 15 is 0 Å². The first-order chi connectivity index (χ1) is 4.18. The molecule has 0 aliphatic heterocycles. The van der Waals surface area contributed by atoms with E-state index in [-0.39, 0.29) is 0 Å². The monoisotopic (exact) mass is 263 g/mol. The van der Waals surface area contributed by atoms with Crippen LogP contribution in [0.4, 0.5) is 0 Å². The van der Waals surface area contributed by atoms with Crippen LogP contribution in [0.15, 0.2) is 0 Å². The van der Waals surface area contributed by atoms with Gasteiger partial charge in [0.2, 0.25) is 0 Å². The molecular weight excluding hydrogens is 252 g/mol. The standard InChI is InChI=1S/C4H9NO2Se2/c1-8-9-2-3(5)4(6)7/h3H,2,5H2,1H3,(H,6,7). The van der Waals surface area contributed by atoms with Gasteiger partial charge in [-0.15, -0.1) is 0 Å². The van der Waals surface area contributed by atoms with E-state index < -0.39 is 12.0 Å². The van der Waals surface area contributed by atoms with Crippen LogP contribution in [0.3, 0.4) is 0 Å².